The van der Waals surface area contributed by atoms with E-state index >= 15 is 0 Å². The number of hydrogen-bond acceptors (Lipinski definition) is 3. The van der Waals surface area contributed by atoms with Crippen molar-refractivity contribution < 1.29 is 4.79 Å². The third-order valence-corrected chi connectivity index (χ3v) is 6.03. The topological polar surface area (TPSA) is 32.7 Å². The van der Waals surface area contributed by atoms with Gasteiger partial charge in [-0.25, -0.2) is 0 Å². The molecule has 0 N–H and O–H groups in total. The molecule has 0 bridgehead atoms. The number of nitrogens with zero attached hydrogens (tertiary/aromatic N) is 2. The minimum absolute atomic E-state index is 0.143. The highest BCUT2D eigenvalue weighted by molar-refractivity contribution is 7.99. The van der Waals surface area contributed by atoms with E-state index in [1.807, 2.05) is 36.1 Å². The molecule has 0 aliphatic carbocycles. The van der Waals surface area contributed by atoms with Crippen molar-refractivity contribution in [3.05, 3.63) is 53.6 Å². The van der Waals surface area contributed by atoms with Crippen molar-refractivity contribution in [1.82, 2.24) is 4.90 Å². The summed E-state index contributed by atoms with van der Waals surface area (Å²) in [5, 5.41) is 0. The predicted octanol–water partition coefficient (Wildman–Crippen LogP) is 5.31. The number of likely N-dealkylation sites (tertiary alicyclic amines) is 1. The van der Waals surface area contributed by atoms with Gasteiger partial charge in [0.1, 0.15) is 0 Å². The van der Waals surface area contributed by atoms with Gasteiger partial charge in [0.2, 0.25) is 0 Å². The second-order valence-electron chi connectivity index (χ2n) is 6.68. The molecule has 0 aromatic heterocycles. The fraction of sp³-hybridized carbons (Fsp3) is 0.333. The van der Waals surface area contributed by atoms with E-state index in [2.05, 4.69) is 18.2 Å². The van der Waals surface area contributed by atoms with Gasteiger partial charge < -0.3 is 4.90 Å². The highest BCUT2D eigenvalue weighted by Crippen LogP contribution is 2.40. The fourth-order valence-corrected chi connectivity index (χ4v) is 4.55. The molecular weight excluding hydrogens is 328 g/mol. The lowest BCUT2D eigenvalue weighted by molar-refractivity contribution is 0.0761. The van der Waals surface area contributed by atoms with E-state index in [0.29, 0.717) is 0 Å². The number of fused-ring (bicyclic) bond motifs is 2. The lowest BCUT2D eigenvalue weighted by atomic mass is 10.1. The third kappa shape index (κ3) is 3.36. The molecule has 2 aliphatic rings. The standard InChI is InChI=1S/C21H22N2OS/c1-15-17-8-4-5-9-19(17)25-20-11-10-16(14-18(20)22-15)21(24)23-12-6-2-3-7-13-23/h4-5,8-11,14H,2-3,6-7,12-13H2,1H3. The summed E-state index contributed by atoms with van der Waals surface area (Å²) in [5.41, 5.74) is 3.83. The smallest absolute Gasteiger partial charge is 0.253 e. The average Bonchev–Trinajstić information content (AvgIpc) is 2.98. The van der Waals surface area contributed by atoms with Crippen LogP contribution in [-0.2, 0) is 0 Å². The Morgan fingerprint density at radius 2 is 1.76 bits per heavy atom. The Kier molecular flexibility index (Phi) is 4.62. The predicted molar refractivity (Wildman–Crippen MR) is 103 cm³/mol. The van der Waals surface area contributed by atoms with E-state index < -0.39 is 0 Å². The minimum Gasteiger partial charge on any atom is -0.339 e. The van der Waals surface area contributed by atoms with E-state index in [9.17, 15) is 4.79 Å². The average molecular weight is 350 g/mol. The summed E-state index contributed by atoms with van der Waals surface area (Å²) in [4.78, 5) is 22.0. The Morgan fingerprint density at radius 3 is 2.56 bits per heavy atom. The molecule has 25 heavy (non-hydrogen) atoms. The first kappa shape index (κ1) is 16.4. The Morgan fingerprint density at radius 1 is 1.00 bits per heavy atom. The molecule has 0 spiro atoms. The largest absolute Gasteiger partial charge is 0.339 e. The summed E-state index contributed by atoms with van der Waals surface area (Å²) in [6.07, 6.45) is 4.68. The van der Waals surface area contributed by atoms with Crippen LogP contribution in [0.2, 0.25) is 0 Å². The van der Waals surface area contributed by atoms with Gasteiger partial charge in [0, 0.05) is 39.7 Å². The van der Waals surface area contributed by atoms with E-state index in [1.54, 1.807) is 11.8 Å². The van der Waals surface area contributed by atoms with Crippen molar-refractivity contribution in [3.8, 4) is 0 Å². The first-order valence-corrected chi connectivity index (χ1v) is 9.80. The normalized spacial score (nSPS) is 17.0. The summed E-state index contributed by atoms with van der Waals surface area (Å²) >= 11 is 1.73. The molecule has 2 aromatic carbocycles. The second-order valence-corrected chi connectivity index (χ2v) is 7.77. The zero-order valence-corrected chi connectivity index (χ0v) is 15.3. The van der Waals surface area contributed by atoms with Crippen LogP contribution in [-0.4, -0.2) is 29.6 Å². The van der Waals surface area contributed by atoms with Gasteiger partial charge in [-0.1, -0.05) is 42.8 Å². The summed E-state index contributed by atoms with van der Waals surface area (Å²) in [7, 11) is 0. The number of aliphatic imine (C=N–C) groups is 1. The molecule has 1 fully saturated rings. The van der Waals surface area contributed by atoms with Gasteiger partial charge in [-0.15, -0.1) is 0 Å². The first-order chi connectivity index (χ1) is 12.2. The van der Waals surface area contributed by atoms with Crippen LogP contribution in [0.4, 0.5) is 5.69 Å². The molecule has 2 aromatic rings. The number of carbonyl (C=O) groups excluding carboxylic acids is 1. The Labute approximate surface area is 153 Å². The number of benzene rings is 2. The molecule has 0 atom stereocenters. The highest BCUT2D eigenvalue weighted by atomic mass is 32.2. The third-order valence-electron chi connectivity index (χ3n) is 4.88. The summed E-state index contributed by atoms with van der Waals surface area (Å²) in [5.74, 6) is 0.143. The molecule has 4 heteroatoms. The maximum absolute atomic E-state index is 12.9. The maximum atomic E-state index is 12.9. The molecule has 1 amide bonds. The van der Waals surface area contributed by atoms with E-state index in [1.165, 1.54) is 23.3 Å². The van der Waals surface area contributed by atoms with Crippen LogP contribution < -0.4 is 0 Å². The molecular formula is C21H22N2OS. The van der Waals surface area contributed by atoms with Crippen molar-refractivity contribution in [2.24, 2.45) is 4.99 Å². The maximum Gasteiger partial charge on any atom is 0.253 e. The van der Waals surface area contributed by atoms with Crippen LogP contribution in [0, 0.1) is 0 Å². The van der Waals surface area contributed by atoms with Crippen LogP contribution in [0.5, 0.6) is 0 Å². The molecule has 3 nitrogen and oxygen atoms in total. The number of rotatable bonds is 1. The van der Waals surface area contributed by atoms with Crippen molar-refractivity contribution in [2.45, 2.75) is 42.4 Å². The van der Waals surface area contributed by atoms with Gasteiger partial charge in [-0.3, -0.25) is 9.79 Å². The first-order valence-electron chi connectivity index (χ1n) is 8.98. The summed E-state index contributed by atoms with van der Waals surface area (Å²) < 4.78 is 0. The molecule has 128 valence electrons. The quantitative estimate of drug-likeness (QED) is 0.698. The van der Waals surface area contributed by atoms with Crippen LogP contribution in [0.25, 0.3) is 0 Å². The molecule has 0 saturated carbocycles. The molecule has 2 aliphatic heterocycles. The lowest BCUT2D eigenvalue weighted by Crippen LogP contribution is -2.31. The monoisotopic (exact) mass is 350 g/mol. The van der Waals surface area contributed by atoms with Gasteiger partial charge in [0.25, 0.3) is 5.91 Å². The minimum atomic E-state index is 0.143. The lowest BCUT2D eigenvalue weighted by Gasteiger charge is -2.20. The second kappa shape index (κ2) is 7.04. The SMILES string of the molecule is CC1=Nc2cc(C(=O)N3CCCCCC3)ccc2Sc2ccccc21. The zero-order valence-electron chi connectivity index (χ0n) is 14.5. The van der Waals surface area contributed by atoms with E-state index in [4.69, 9.17) is 4.99 Å². The number of hydrogen-bond donors (Lipinski definition) is 0. The van der Waals surface area contributed by atoms with Crippen LogP contribution in [0.1, 0.15) is 48.5 Å². The van der Waals surface area contributed by atoms with Gasteiger partial charge in [0.15, 0.2) is 0 Å². The van der Waals surface area contributed by atoms with Gasteiger partial charge in [0.05, 0.1) is 5.69 Å². The van der Waals surface area contributed by atoms with E-state index in [-0.39, 0.29) is 5.91 Å². The summed E-state index contributed by atoms with van der Waals surface area (Å²) in [6.45, 7) is 3.79. The van der Waals surface area contributed by atoms with E-state index in [0.717, 1.165) is 47.8 Å². The molecule has 2 heterocycles. The van der Waals surface area contributed by atoms with Crippen LogP contribution in [0.3, 0.4) is 0 Å². The molecule has 0 radical (unpaired) electrons. The van der Waals surface area contributed by atoms with Crippen LogP contribution in [0.15, 0.2) is 57.2 Å². The number of carbonyl (C=O) groups is 1. The number of amides is 1. The Balaban J connectivity index is 1.67. The van der Waals surface area contributed by atoms with Gasteiger partial charge in [-0.2, -0.15) is 0 Å². The fourth-order valence-electron chi connectivity index (χ4n) is 3.49. The van der Waals surface area contributed by atoms with Crippen LogP contribution >= 0.6 is 11.8 Å². The van der Waals surface area contributed by atoms with Crippen molar-refractivity contribution >= 4 is 29.1 Å². The van der Waals surface area contributed by atoms with Crippen molar-refractivity contribution in [3.63, 3.8) is 0 Å². The molecule has 1 saturated heterocycles. The van der Waals surface area contributed by atoms with Crippen molar-refractivity contribution in [1.29, 1.82) is 0 Å². The Bertz CT molecular complexity index is 836. The Hall–Kier alpha value is -2.07. The molecule has 4 rings (SSSR count). The van der Waals surface area contributed by atoms with Crippen molar-refractivity contribution in [2.75, 3.05) is 13.1 Å². The molecule has 0 unspecified atom stereocenters. The van der Waals surface area contributed by atoms with Gasteiger partial charge >= 0.3 is 0 Å². The van der Waals surface area contributed by atoms with Gasteiger partial charge in [-0.05, 0) is 44.0 Å². The zero-order chi connectivity index (χ0) is 17.2. The highest BCUT2D eigenvalue weighted by Gasteiger charge is 2.20. The summed E-state index contributed by atoms with van der Waals surface area (Å²) in [6, 6.07) is 14.3.